The van der Waals surface area contributed by atoms with E-state index in [2.05, 4.69) is 6.92 Å². The molecule has 1 atom stereocenters. The molecule has 0 aliphatic heterocycles. The zero-order chi connectivity index (χ0) is 24.8. The first-order valence-electron chi connectivity index (χ1n) is 12.0. The van der Waals surface area contributed by atoms with Crippen molar-refractivity contribution in [2.75, 3.05) is 13.7 Å². The van der Waals surface area contributed by atoms with E-state index < -0.39 is 6.04 Å². The van der Waals surface area contributed by atoms with E-state index in [-0.39, 0.29) is 18.1 Å². The van der Waals surface area contributed by atoms with Gasteiger partial charge in [-0.2, -0.15) is 0 Å². The van der Waals surface area contributed by atoms with Gasteiger partial charge in [-0.25, -0.2) is 4.98 Å². The summed E-state index contributed by atoms with van der Waals surface area (Å²) in [4.78, 5) is 33.2. The molecule has 6 heteroatoms. The fourth-order valence-corrected chi connectivity index (χ4v) is 4.24. The molecule has 0 aliphatic rings. The number of para-hydroxylation sites is 1. The molecule has 0 spiro atoms. The van der Waals surface area contributed by atoms with Crippen molar-refractivity contribution in [1.82, 2.24) is 14.5 Å². The first-order valence-corrected chi connectivity index (χ1v) is 12.0. The molecule has 4 aromatic rings. The summed E-state index contributed by atoms with van der Waals surface area (Å²) in [6, 6.07) is 24.6. The summed E-state index contributed by atoms with van der Waals surface area (Å²) in [7, 11) is 1.74. The maximum absolute atomic E-state index is 13.6. The lowest BCUT2D eigenvalue weighted by atomic mass is 10.1. The largest absolute Gasteiger partial charge is 0.367 e. The average molecular weight is 470 g/mol. The Hall–Kier alpha value is -3.77. The van der Waals surface area contributed by atoms with Gasteiger partial charge in [0, 0.05) is 7.05 Å². The minimum Gasteiger partial charge on any atom is -0.367 e. The van der Waals surface area contributed by atoms with Crippen LogP contribution in [0.2, 0.25) is 0 Å². The third kappa shape index (κ3) is 5.33. The van der Waals surface area contributed by atoms with Gasteiger partial charge < -0.3 is 9.64 Å². The monoisotopic (exact) mass is 469 g/mol. The summed E-state index contributed by atoms with van der Waals surface area (Å²) in [5.74, 6) is 0.377. The molecular weight excluding hydrogens is 438 g/mol. The standard InChI is InChI=1S/C29H31N3O3/c1-4-21-15-17-23(18-16-21)32-28(30-25-14-10-9-13-24(25)29(32)34)26(5-2)31(3)27(33)20-35-19-22-11-7-6-8-12-22/h6-18,26H,4-5,19-20H2,1-3H3. The van der Waals surface area contributed by atoms with E-state index in [0.29, 0.717) is 29.8 Å². The third-order valence-electron chi connectivity index (χ3n) is 6.29. The Morgan fingerprint density at radius 2 is 1.63 bits per heavy atom. The number of aromatic nitrogens is 2. The number of hydrogen-bond donors (Lipinski definition) is 0. The second-order valence-electron chi connectivity index (χ2n) is 8.55. The number of likely N-dealkylation sites (N-methyl/N-ethyl adjacent to an activating group) is 1. The first kappa shape index (κ1) is 24.4. The predicted octanol–water partition coefficient (Wildman–Crippen LogP) is 5.07. The van der Waals surface area contributed by atoms with Crippen molar-refractivity contribution in [3.8, 4) is 5.69 Å². The fourth-order valence-electron chi connectivity index (χ4n) is 4.24. The molecular formula is C29H31N3O3. The molecule has 180 valence electrons. The number of carbonyl (C=O) groups excluding carboxylic acids is 1. The van der Waals surface area contributed by atoms with Crippen molar-refractivity contribution in [1.29, 1.82) is 0 Å². The lowest BCUT2D eigenvalue weighted by Gasteiger charge is -2.29. The molecule has 6 nitrogen and oxygen atoms in total. The van der Waals surface area contributed by atoms with Crippen LogP contribution in [0.4, 0.5) is 0 Å². The number of fused-ring (bicyclic) bond motifs is 1. The average Bonchev–Trinajstić information content (AvgIpc) is 2.90. The van der Waals surface area contributed by atoms with Crippen LogP contribution in [0.15, 0.2) is 83.7 Å². The lowest BCUT2D eigenvalue weighted by Crippen LogP contribution is -2.37. The van der Waals surface area contributed by atoms with Crippen LogP contribution in [0.25, 0.3) is 16.6 Å². The second kappa shape index (κ2) is 11.1. The van der Waals surface area contributed by atoms with Crippen LogP contribution in [-0.4, -0.2) is 34.0 Å². The smallest absolute Gasteiger partial charge is 0.266 e. The number of nitrogens with zero attached hydrogens (tertiary/aromatic N) is 3. The van der Waals surface area contributed by atoms with E-state index in [9.17, 15) is 9.59 Å². The molecule has 3 aromatic carbocycles. The summed E-state index contributed by atoms with van der Waals surface area (Å²) in [5, 5.41) is 0.547. The fraction of sp³-hybridized carbons (Fsp3) is 0.276. The molecule has 1 unspecified atom stereocenters. The summed E-state index contributed by atoms with van der Waals surface area (Å²) in [6.45, 7) is 4.40. The molecule has 1 amide bonds. The highest BCUT2D eigenvalue weighted by molar-refractivity contribution is 5.79. The van der Waals surface area contributed by atoms with E-state index in [4.69, 9.17) is 9.72 Å². The van der Waals surface area contributed by atoms with Gasteiger partial charge in [0.05, 0.1) is 29.2 Å². The highest BCUT2D eigenvalue weighted by Gasteiger charge is 2.26. The topological polar surface area (TPSA) is 64.4 Å². The maximum Gasteiger partial charge on any atom is 0.266 e. The van der Waals surface area contributed by atoms with Gasteiger partial charge in [0.15, 0.2) is 0 Å². The van der Waals surface area contributed by atoms with Crippen molar-refractivity contribution in [2.24, 2.45) is 0 Å². The van der Waals surface area contributed by atoms with Crippen molar-refractivity contribution in [3.05, 3.63) is 106 Å². The number of hydrogen-bond acceptors (Lipinski definition) is 4. The highest BCUT2D eigenvalue weighted by Crippen LogP contribution is 2.25. The quantitative estimate of drug-likeness (QED) is 0.343. The van der Waals surface area contributed by atoms with Gasteiger partial charge in [0.25, 0.3) is 5.56 Å². The SMILES string of the molecule is CCc1ccc(-n2c(C(CC)N(C)C(=O)COCc3ccccc3)nc3ccccc3c2=O)cc1. The molecule has 1 aromatic heterocycles. The maximum atomic E-state index is 13.6. The molecule has 35 heavy (non-hydrogen) atoms. The first-order chi connectivity index (χ1) is 17.0. The summed E-state index contributed by atoms with van der Waals surface area (Å²) in [6.07, 6.45) is 1.51. The van der Waals surface area contributed by atoms with Crippen molar-refractivity contribution < 1.29 is 9.53 Å². The van der Waals surface area contributed by atoms with Gasteiger partial charge >= 0.3 is 0 Å². The summed E-state index contributed by atoms with van der Waals surface area (Å²) >= 11 is 0. The number of ether oxygens (including phenoxy) is 1. The number of amides is 1. The molecule has 0 saturated carbocycles. The van der Waals surface area contributed by atoms with Gasteiger partial charge in [-0.15, -0.1) is 0 Å². The van der Waals surface area contributed by atoms with Crippen LogP contribution < -0.4 is 5.56 Å². The highest BCUT2D eigenvalue weighted by atomic mass is 16.5. The Balaban J connectivity index is 1.68. The number of benzene rings is 3. The van der Waals surface area contributed by atoms with Crippen LogP contribution in [0.3, 0.4) is 0 Å². The molecule has 0 fully saturated rings. The minimum absolute atomic E-state index is 0.0507. The lowest BCUT2D eigenvalue weighted by molar-refractivity contribution is -0.137. The molecule has 0 radical (unpaired) electrons. The number of rotatable bonds is 9. The van der Waals surface area contributed by atoms with Crippen LogP contribution in [0.1, 0.15) is 43.3 Å². The zero-order valence-electron chi connectivity index (χ0n) is 20.5. The van der Waals surface area contributed by atoms with Crippen molar-refractivity contribution in [2.45, 2.75) is 39.3 Å². The normalized spacial score (nSPS) is 12.0. The third-order valence-corrected chi connectivity index (χ3v) is 6.29. The zero-order valence-corrected chi connectivity index (χ0v) is 20.5. The Morgan fingerprint density at radius 1 is 0.943 bits per heavy atom. The van der Waals surface area contributed by atoms with Crippen LogP contribution in [0, 0.1) is 0 Å². The number of aryl methyl sites for hydroxylation is 1. The van der Waals surface area contributed by atoms with Gasteiger partial charge in [0.1, 0.15) is 12.4 Å². The molecule has 0 N–H and O–H groups in total. The minimum atomic E-state index is -0.397. The Kier molecular flexibility index (Phi) is 7.73. The van der Waals surface area contributed by atoms with Gasteiger partial charge in [-0.05, 0) is 48.2 Å². The van der Waals surface area contributed by atoms with Crippen LogP contribution in [-0.2, 0) is 22.6 Å². The van der Waals surface area contributed by atoms with E-state index in [1.165, 1.54) is 5.56 Å². The number of carbonyl (C=O) groups is 1. The van der Waals surface area contributed by atoms with Gasteiger partial charge in [-0.3, -0.25) is 14.2 Å². The van der Waals surface area contributed by atoms with Crippen molar-refractivity contribution in [3.63, 3.8) is 0 Å². The van der Waals surface area contributed by atoms with E-state index in [0.717, 1.165) is 17.7 Å². The van der Waals surface area contributed by atoms with Crippen molar-refractivity contribution >= 4 is 16.8 Å². The Labute approximate surface area is 205 Å². The molecule has 0 bridgehead atoms. The van der Waals surface area contributed by atoms with E-state index >= 15 is 0 Å². The Bertz CT molecular complexity index is 1350. The second-order valence-corrected chi connectivity index (χ2v) is 8.55. The molecule has 1 heterocycles. The molecule has 0 aliphatic carbocycles. The molecule has 4 rings (SSSR count). The summed E-state index contributed by atoms with van der Waals surface area (Å²) in [5.41, 5.74) is 3.41. The van der Waals surface area contributed by atoms with Gasteiger partial charge in [0.2, 0.25) is 5.91 Å². The van der Waals surface area contributed by atoms with E-state index in [1.807, 2.05) is 79.7 Å². The Morgan fingerprint density at radius 3 is 2.31 bits per heavy atom. The molecule has 0 saturated heterocycles. The van der Waals surface area contributed by atoms with Crippen LogP contribution >= 0.6 is 0 Å². The van der Waals surface area contributed by atoms with E-state index in [1.54, 1.807) is 22.6 Å². The van der Waals surface area contributed by atoms with Gasteiger partial charge in [-0.1, -0.05) is 68.4 Å². The predicted molar refractivity (Wildman–Crippen MR) is 139 cm³/mol. The van der Waals surface area contributed by atoms with Crippen LogP contribution in [0.5, 0.6) is 0 Å². The summed E-state index contributed by atoms with van der Waals surface area (Å²) < 4.78 is 7.33.